The average molecular weight is 577 g/mol. The van der Waals surface area contributed by atoms with E-state index < -0.39 is 102 Å². The van der Waals surface area contributed by atoms with Gasteiger partial charge in [-0.15, -0.1) is 0 Å². The monoisotopic (exact) mass is 576 g/mol. The van der Waals surface area contributed by atoms with Crippen LogP contribution in [0.1, 0.15) is 62.4 Å². The molecule has 1 heterocycles. The number of fused-ring (bicyclic) bond motifs is 3. The second kappa shape index (κ2) is 10.4. The molecule has 0 aromatic heterocycles. The van der Waals surface area contributed by atoms with Gasteiger partial charge in [0.15, 0.2) is 24.0 Å². The van der Waals surface area contributed by atoms with Gasteiger partial charge in [-0.1, -0.05) is 12.1 Å². The summed E-state index contributed by atoms with van der Waals surface area (Å²) < 4.78 is 36.9. The van der Waals surface area contributed by atoms with E-state index in [1.807, 2.05) is 0 Å². The lowest BCUT2D eigenvalue weighted by atomic mass is 9.72. The largest absolute Gasteiger partial charge is 0.507 e. The molecule has 0 radical (unpaired) electrons. The molecule has 12 nitrogen and oxygen atoms in total. The van der Waals surface area contributed by atoms with E-state index in [1.165, 1.54) is 39.3 Å². The third-order valence-corrected chi connectivity index (χ3v) is 8.04. The number of aliphatic hydroxyl groups excluding tert-OH is 2. The van der Waals surface area contributed by atoms with Crippen molar-refractivity contribution in [1.29, 1.82) is 0 Å². The smallest absolute Gasteiger partial charge is 0.202 e. The number of Topliss-reactive ketones (excluding diaryl/α,β-unsaturated/α-hetero) is 1. The highest BCUT2D eigenvalue weighted by Crippen LogP contribution is 2.52. The van der Waals surface area contributed by atoms with Crippen LogP contribution in [0.25, 0.3) is 0 Å². The fourth-order valence-corrected chi connectivity index (χ4v) is 5.98. The second-order valence-electron chi connectivity index (χ2n) is 10.3. The normalized spacial score (nSPS) is 30.8. The molecule has 0 amide bonds. The van der Waals surface area contributed by atoms with E-state index >= 15 is 4.39 Å². The Morgan fingerprint density at radius 1 is 1.12 bits per heavy atom. The molecule has 2 aliphatic carbocycles. The average Bonchev–Trinajstić information content (AvgIpc) is 2.95. The van der Waals surface area contributed by atoms with Gasteiger partial charge in [-0.3, -0.25) is 14.4 Å². The molecule has 2 aromatic carbocycles. The van der Waals surface area contributed by atoms with Crippen LogP contribution in [0.2, 0.25) is 0 Å². The first-order valence-corrected chi connectivity index (χ1v) is 12.8. The molecule has 0 unspecified atom stereocenters. The Morgan fingerprint density at radius 2 is 1.80 bits per heavy atom. The summed E-state index contributed by atoms with van der Waals surface area (Å²) in [6.45, 7) is 0.395. The van der Waals surface area contributed by atoms with Crippen LogP contribution in [0, 0.1) is 0 Å². The van der Waals surface area contributed by atoms with Gasteiger partial charge in [-0.25, -0.2) is 4.39 Å². The number of phenols is 2. The van der Waals surface area contributed by atoms with Gasteiger partial charge in [0.2, 0.25) is 5.78 Å². The number of hydrogen-bond acceptors (Lipinski definition) is 12. The molecule has 220 valence electrons. The van der Waals surface area contributed by atoms with Gasteiger partial charge in [-0.2, -0.15) is 0 Å². The number of carbonyl (C=O) groups is 3. The van der Waals surface area contributed by atoms with E-state index in [1.54, 1.807) is 0 Å². The standard InChI is InChI=1S/C28H29FO12/c1-10-26(39-3)25(36)20(29)27(40-10)41-14-8-28(37,15(31)9-30)7-12-17(14)24(35)19-18(22(12)33)21(32)11-5-4-6-13(38-2)16(11)23(19)34/h4-6,10,14,20,25-27,30,33,35-37H,7-9H2,1-3H3/t10-,14-,20+,25-,26+,27-,28-/m0/s1. The molecule has 0 spiro atoms. The summed E-state index contributed by atoms with van der Waals surface area (Å²) in [4.78, 5) is 39.8. The van der Waals surface area contributed by atoms with Crippen molar-refractivity contribution in [1.82, 2.24) is 0 Å². The Labute approximate surface area is 232 Å². The summed E-state index contributed by atoms with van der Waals surface area (Å²) in [7, 11) is 2.55. The minimum atomic E-state index is -2.38. The van der Waals surface area contributed by atoms with Crippen LogP contribution in [0.15, 0.2) is 18.2 Å². The highest BCUT2D eigenvalue weighted by Gasteiger charge is 2.52. The highest BCUT2D eigenvalue weighted by atomic mass is 19.1. The number of hydrogen-bond donors (Lipinski definition) is 5. The van der Waals surface area contributed by atoms with Crippen LogP contribution in [0.5, 0.6) is 17.2 Å². The predicted molar refractivity (Wildman–Crippen MR) is 135 cm³/mol. The maximum Gasteiger partial charge on any atom is 0.202 e. The van der Waals surface area contributed by atoms with Crippen LogP contribution in [0.4, 0.5) is 4.39 Å². The first-order valence-electron chi connectivity index (χ1n) is 12.8. The van der Waals surface area contributed by atoms with Gasteiger partial charge in [0.25, 0.3) is 0 Å². The maximum atomic E-state index is 15.2. The Morgan fingerprint density at radius 3 is 2.44 bits per heavy atom. The summed E-state index contributed by atoms with van der Waals surface area (Å²) in [5.41, 5.74) is -4.36. The number of aromatic hydroxyl groups is 2. The molecule has 13 heteroatoms. The molecule has 1 fully saturated rings. The Kier molecular flexibility index (Phi) is 7.39. The molecule has 5 rings (SSSR count). The molecule has 7 atom stereocenters. The number of alkyl halides is 1. The summed E-state index contributed by atoms with van der Waals surface area (Å²) in [6.07, 6.45) is -10.5. The fourth-order valence-electron chi connectivity index (χ4n) is 5.98. The van der Waals surface area contributed by atoms with Crippen molar-refractivity contribution < 1.29 is 63.3 Å². The number of ketones is 3. The third-order valence-electron chi connectivity index (χ3n) is 8.04. The lowest BCUT2D eigenvalue weighted by Gasteiger charge is -2.43. The topological polar surface area (TPSA) is 189 Å². The van der Waals surface area contributed by atoms with Crippen LogP contribution >= 0.6 is 0 Å². The van der Waals surface area contributed by atoms with Crippen molar-refractivity contribution in [3.63, 3.8) is 0 Å². The summed E-state index contributed by atoms with van der Waals surface area (Å²) in [6, 6.07) is 4.25. The van der Waals surface area contributed by atoms with Crippen LogP contribution in [-0.2, 0) is 25.4 Å². The number of carbonyl (C=O) groups excluding carboxylic acids is 3. The van der Waals surface area contributed by atoms with E-state index in [0.29, 0.717) is 0 Å². The van der Waals surface area contributed by atoms with Crippen molar-refractivity contribution in [2.24, 2.45) is 0 Å². The Bertz CT molecular complexity index is 1440. The molecule has 1 aliphatic heterocycles. The number of phenolic OH excluding ortho intramolecular Hbond substituents is 2. The third kappa shape index (κ3) is 4.31. The lowest BCUT2D eigenvalue weighted by molar-refractivity contribution is -0.297. The number of halogens is 1. The van der Waals surface area contributed by atoms with E-state index in [0.717, 1.165) is 0 Å². The zero-order valence-electron chi connectivity index (χ0n) is 22.3. The molecule has 3 aliphatic rings. The van der Waals surface area contributed by atoms with Gasteiger partial charge < -0.3 is 44.5 Å². The Balaban J connectivity index is 1.68. The molecule has 0 saturated carbocycles. The first-order chi connectivity index (χ1) is 19.4. The van der Waals surface area contributed by atoms with E-state index in [9.17, 15) is 39.9 Å². The zero-order chi connectivity index (χ0) is 30.0. The number of ether oxygens (including phenoxy) is 4. The predicted octanol–water partition coefficient (Wildman–Crippen LogP) is 0.637. The summed E-state index contributed by atoms with van der Waals surface area (Å²) >= 11 is 0. The van der Waals surface area contributed by atoms with Crippen molar-refractivity contribution in [2.45, 2.75) is 62.2 Å². The number of rotatable bonds is 6. The molecule has 1 saturated heterocycles. The summed E-state index contributed by atoms with van der Waals surface area (Å²) in [5.74, 6) is -4.29. The zero-order valence-corrected chi connectivity index (χ0v) is 22.3. The van der Waals surface area contributed by atoms with Gasteiger partial charge in [0.1, 0.15) is 41.7 Å². The van der Waals surface area contributed by atoms with E-state index in [2.05, 4.69) is 0 Å². The minimum Gasteiger partial charge on any atom is -0.507 e. The molecule has 2 aromatic rings. The van der Waals surface area contributed by atoms with Gasteiger partial charge in [0.05, 0.1) is 36.0 Å². The lowest BCUT2D eigenvalue weighted by Crippen LogP contribution is -2.57. The first kappa shape index (κ1) is 29.0. The molecular formula is C28H29FO12. The molecular weight excluding hydrogens is 547 g/mol. The van der Waals surface area contributed by atoms with Gasteiger partial charge in [0, 0.05) is 36.6 Å². The number of aliphatic hydroxyl groups is 3. The molecule has 0 bridgehead atoms. The number of methoxy groups -OCH3 is 2. The van der Waals surface area contributed by atoms with E-state index in [-0.39, 0.29) is 28.0 Å². The Hall–Kier alpha value is -3.46. The highest BCUT2D eigenvalue weighted by molar-refractivity contribution is 6.31. The maximum absolute atomic E-state index is 15.2. The minimum absolute atomic E-state index is 0.0466. The van der Waals surface area contributed by atoms with Crippen molar-refractivity contribution in [3.8, 4) is 17.2 Å². The second-order valence-corrected chi connectivity index (χ2v) is 10.3. The van der Waals surface area contributed by atoms with Crippen LogP contribution in [-0.4, -0.2) is 100 Å². The van der Waals surface area contributed by atoms with Crippen molar-refractivity contribution in [3.05, 3.63) is 51.6 Å². The van der Waals surface area contributed by atoms with Crippen LogP contribution < -0.4 is 4.74 Å². The molecule has 41 heavy (non-hydrogen) atoms. The quantitative estimate of drug-likeness (QED) is 0.258. The number of benzene rings is 2. The van der Waals surface area contributed by atoms with Crippen molar-refractivity contribution >= 4 is 17.3 Å². The van der Waals surface area contributed by atoms with Crippen LogP contribution in [0.3, 0.4) is 0 Å². The van der Waals surface area contributed by atoms with Gasteiger partial charge >= 0.3 is 0 Å². The summed E-state index contributed by atoms with van der Waals surface area (Å²) in [5, 5.41) is 54.0. The SMILES string of the molecule is COc1cccc2c1C(=O)c1c(O)c3c(c(O)c1C2=O)C[C@@](O)(C(=O)CO)C[C@@H]3O[C@@H]1O[C@@H](C)[C@@H](OC)[C@@H](O)[C@H]1F. The molecule has 5 N–H and O–H groups in total. The van der Waals surface area contributed by atoms with Crippen molar-refractivity contribution in [2.75, 3.05) is 20.8 Å². The van der Waals surface area contributed by atoms with Gasteiger partial charge in [-0.05, 0) is 13.0 Å². The fraction of sp³-hybridized carbons (Fsp3) is 0.464. The van der Waals surface area contributed by atoms with E-state index in [4.69, 9.17) is 18.9 Å².